The lowest BCUT2D eigenvalue weighted by molar-refractivity contribution is -0.122. The molecule has 0 fully saturated rings. The van der Waals surface area contributed by atoms with Gasteiger partial charge in [0.1, 0.15) is 5.82 Å². The van der Waals surface area contributed by atoms with Gasteiger partial charge in [-0.15, -0.1) is 0 Å². The van der Waals surface area contributed by atoms with Gasteiger partial charge in [-0.3, -0.25) is 14.7 Å². The number of rotatable bonds is 6. The fourth-order valence-electron chi connectivity index (χ4n) is 1.89. The van der Waals surface area contributed by atoms with Crippen molar-refractivity contribution in [1.29, 1.82) is 0 Å². The van der Waals surface area contributed by atoms with Crippen molar-refractivity contribution in [2.24, 2.45) is 0 Å². The van der Waals surface area contributed by atoms with E-state index in [1.807, 2.05) is 25.3 Å². The lowest BCUT2D eigenvalue weighted by atomic mass is 10.2. The van der Waals surface area contributed by atoms with Crippen molar-refractivity contribution in [1.82, 2.24) is 19.9 Å². The molecule has 0 unspecified atom stereocenters. The molecule has 0 bridgehead atoms. The number of imidazole rings is 1. The first-order chi connectivity index (χ1) is 10.2. The minimum atomic E-state index is -0.250. The van der Waals surface area contributed by atoms with Gasteiger partial charge in [0.25, 0.3) is 6.47 Å². The number of aryl methyl sites for hydroxylation is 1. The fraction of sp³-hybridized carbons (Fsp3) is 0.357. The predicted molar refractivity (Wildman–Crippen MR) is 77.5 cm³/mol. The zero-order valence-corrected chi connectivity index (χ0v) is 11.9. The average molecular weight is 292 g/mol. The maximum atomic E-state index is 9.12. The van der Waals surface area contributed by atoms with Crippen molar-refractivity contribution >= 4 is 6.47 Å². The van der Waals surface area contributed by atoms with E-state index in [0.717, 1.165) is 24.6 Å². The van der Waals surface area contributed by atoms with Gasteiger partial charge in [-0.2, -0.15) is 0 Å². The van der Waals surface area contributed by atoms with Crippen LogP contribution in [0.3, 0.4) is 0 Å². The first kappa shape index (κ1) is 16.8. The SMILES string of the molecule is Cc1ncc(CN(CCO)Cc2ccncc2)[nH]1.O=CO. The molecule has 2 aromatic rings. The highest BCUT2D eigenvalue weighted by Gasteiger charge is 2.08. The standard InChI is InChI=1S/C13H18N4O.CH2O2/c1-11-15-8-13(16-11)10-17(6-7-18)9-12-2-4-14-5-3-12;2-1-3/h2-5,8,18H,6-7,9-10H2,1H3,(H,15,16);1H,(H,2,3). The Morgan fingerprint density at radius 3 is 2.52 bits per heavy atom. The number of nitrogens with zero attached hydrogens (tertiary/aromatic N) is 3. The molecular formula is C14H20N4O3. The Kier molecular flexibility index (Phi) is 7.70. The predicted octanol–water partition coefficient (Wildman–Crippen LogP) is 0.808. The van der Waals surface area contributed by atoms with Gasteiger partial charge >= 0.3 is 0 Å². The Labute approximate surface area is 123 Å². The molecule has 0 aliphatic heterocycles. The Hall–Kier alpha value is -2.25. The highest BCUT2D eigenvalue weighted by Crippen LogP contribution is 2.07. The number of carboxylic acid groups (broad SMARTS) is 1. The van der Waals surface area contributed by atoms with Gasteiger partial charge in [-0.1, -0.05) is 0 Å². The molecule has 0 atom stereocenters. The number of H-pyrrole nitrogens is 1. The molecule has 0 radical (unpaired) electrons. The van der Waals surface area contributed by atoms with Crippen LogP contribution in [0.15, 0.2) is 30.7 Å². The molecule has 0 saturated heterocycles. The van der Waals surface area contributed by atoms with E-state index in [0.29, 0.717) is 6.54 Å². The van der Waals surface area contributed by atoms with E-state index in [1.165, 1.54) is 5.56 Å². The van der Waals surface area contributed by atoms with Gasteiger partial charge < -0.3 is 15.2 Å². The summed E-state index contributed by atoms with van der Waals surface area (Å²) < 4.78 is 0. The normalized spacial score (nSPS) is 10.0. The van der Waals surface area contributed by atoms with Crippen molar-refractivity contribution < 1.29 is 15.0 Å². The third-order valence-corrected chi connectivity index (χ3v) is 2.72. The van der Waals surface area contributed by atoms with Crippen LogP contribution < -0.4 is 0 Å². The molecule has 2 heterocycles. The fourth-order valence-corrected chi connectivity index (χ4v) is 1.89. The first-order valence-corrected chi connectivity index (χ1v) is 6.50. The van der Waals surface area contributed by atoms with Crippen LogP contribution in [-0.4, -0.2) is 49.7 Å². The zero-order valence-electron chi connectivity index (χ0n) is 11.9. The zero-order chi connectivity index (χ0) is 15.5. The molecule has 0 aliphatic carbocycles. The van der Waals surface area contributed by atoms with Crippen LogP contribution in [0.2, 0.25) is 0 Å². The molecular weight excluding hydrogens is 272 g/mol. The van der Waals surface area contributed by atoms with Gasteiger partial charge in [0.05, 0.1) is 6.61 Å². The molecule has 2 rings (SSSR count). The summed E-state index contributed by atoms with van der Waals surface area (Å²) in [5.41, 5.74) is 2.25. The topological polar surface area (TPSA) is 102 Å². The summed E-state index contributed by atoms with van der Waals surface area (Å²) in [5, 5.41) is 16.0. The quantitative estimate of drug-likeness (QED) is 0.681. The van der Waals surface area contributed by atoms with E-state index >= 15 is 0 Å². The number of aromatic nitrogens is 3. The molecule has 0 amide bonds. The third-order valence-electron chi connectivity index (χ3n) is 2.72. The summed E-state index contributed by atoms with van der Waals surface area (Å²) in [5.74, 6) is 0.915. The number of nitrogens with one attached hydrogen (secondary N) is 1. The summed E-state index contributed by atoms with van der Waals surface area (Å²) in [6, 6.07) is 3.98. The molecule has 0 saturated carbocycles. The largest absolute Gasteiger partial charge is 0.483 e. The van der Waals surface area contributed by atoms with Crippen LogP contribution in [0.5, 0.6) is 0 Å². The van der Waals surface area contributed by atoms with Crippen LogP contribution in [-0.2, 0) is 17.9 Å². The van der Waals surface area contributed by atoms with Gasteiger partial charge in [0, 0.05) is 43.9 Å². The van der Waals surface area contributed by atoms with Crippen molar-refractivity contribution in [2.45, 2.75) is 20.0 Å². The molecule has 114 valence electrons. The minimum absolute atomic E-state index is 0.151. The van der Waals surface area contributed by atoms with Crippen LogP contribution >= 0.6 is 0 Å². The van der Waals surface area contributed by atoms with Gasteiger partial charge in [-0.05, 0) is 24.6 Å². The second-order valence-electron chi connectivity index (χ2n) is 4.39. The summed E-state index contributed by atoms with van der Waals surface area (Å²) in [4.78, 5) is 21.9. The van der Waals surface area contributed by atoms with Crippen LogP contribution in [0.4, 0.5) is 0 Å². The number of aliphatic hydroxyl groups excluding tert-OH is 1. The summed E-state index contributed by atoms with van der Waals surface area (Å²) in [7, 11) is 0. The number of aliphatic hydroxyl groups is 1. The van der Waals surface area contributed by atoms with E-state index < -0.39 is 0 Å². The maximum absolute atomic E-state index is 9.12. The molecule has 7 heteroatoms. The number of hydrogen-bond donors (Lipinski definition) is 3. The van der Waals surface area contributed by atoms with Gasteiger partial charge in [0.2, 0.25) is 0 Å². The van der Waals surface area contributed by atoms with Gasteiger partial charge in [0.15, 0.2) is 0 Å². The van der Waals surface area contributed by atoms with E-state index in [4.69, 9.17) is 15.0 Å². The Morgan fingerprint density at radius 1 is 1.33 bits per heavy atom. The van der Waals surface area contributed by atoms with E-state index in [9.17, 15) is 0 Å². The van der Waals surface area contributed by atoms with Crippen molar-refractivity contribution in [3.8, 4) is 0 Å². The summed E-state index contributed by atoms with van der Waals surface area (Å²) in [6.45, 7) is 4.02. The van der Waals surface area contributed by atoms with Crippen LogP contribution in [0.1, 0.15) is 17.1 Å². The van der Waals surface area contributed by atoms with E-state index in [-0.39, 0.29) is 13.1 Å². The van der Waals surface area contributed by atoms with Crippen LogP contribution in [0.25, 0.3) is 0 Å². The Morgan fingerprint density at radius 2 is 2.00 bits per heavy atom. The molecule has 0 spiro atoms. The highest BCUT2D eigenvalue weighted by atomic mass is 16.3. The molecule has 0 aromatic carbocycles. The maximum Gasteiger partial charge on any atom is 0.290 e. The molecule has 3 N–H and O–H groups in total. The lowest BCUT2D eigenvalue weighted by Gasteiger charge is -2.20. The molecule has 0 aliphatic rings. The second kappa shape index (κ2) is 9.62. The van der Waals surface area contributed by atoms with Crippen molar-refractivity contribution in [2.75, 3.05) is 13.2 Å². The number of pyridine rings is 1. The number of carbonyl (C=O) groups is 1. The minimum Gasteiger partial charge on any atom is -0.483 e. The number of aromatic amines is 1. The summed E-state index contributed by atoms with van der Waals surface area (Å²) in [6.07, 6.45) is 5.41. The average Bonchev–Trinajstić information content (AvgIpc) is 2.86. The second-order valence-corrected chi connectivity index (χ2v) is 4.39. The van der Waals surface area contributed by atoms with Crippen LogP contribution in [0, 0.1) is 6.92 Å². The Bertz CT molecular complexity index is 516. The Balaban J connectivity index is 0.000000677. The lowest BCUT2D eigenvalue weighted by Crippen LogP contribution is -2.26. The third kappa shape index (κ3) is 6.64. The monoisotopic (exact) mass is 292 g/mol. The number of hydrogen-bond acceptors (Lipinski definition) is 5. The van der Waals surface area contributed by atoms with E-state index in [2.05, 4.69) is 19.9 Å². The van der Waals surface area contributed by atoms with Crippen molar-refractivity contribution in [3.05, 3.63) is 47.8 Å². The smallest absolute Gasteiger partial charge is 0.290 e. The molecule has 21 heavy (non-hydrogen) atoms. The first-order valence-electron chi connectivity index (χ1n) is 6.50. The highest BCUT2D eigenvalue weighted by molar-refractivity contribution is 5.32. The molecule has 2 aromatic heterocycles. The van der Waals surface area contributed by atoms with Crippen molar-refractivity contribution in [3.63, 3.8) is 0 Å². The van der Waals surface area contributed by atoms with E-state index in [1.54, 1.807) is 12.4 Å². The summed E-state index contributed by atoms with van der Waals surface area (Å²) >= 11 is 0. The molecule has 7 nitrogen and oxygen atoms in total. The van der Waals surface area contributed by atoms with Gasteiger partial charge in [-0.25, -0.2) is 4.98 Å².